The molecule has 1 aliphatic heterocycles. The van der Waals surface area contributed by atoms with E-state index in [-0.39, 0.29) is 17.7 Å². The number of anilines is 1. The molecule has 2 heterocycles. The van der Waals surface area contributed by atoms with Crippen molar-refractivity contribution >= 4 is 29.2 Å². The molecular weight excluding hydrogens is 460 g/mol. The third kappa shape index (κ3) is 5.65. The van der Waals surface area contributed by atoms with Crippen molar-refractivity contribution in [3.63, 3.8) is 0 Å². The zero-order valence-electron chi connectivity index (χ0n) is 19.6. The van der Waals surface area contributed by atoms with Crippen molar-refractivity contribution in [2.24, 2.45) is 5.92 Å². The molecule has 35 heavy (non-hydrogen) atoms. The maximum absolute atomic E-state index is 12.9. The van der Waals surface area contributed by atoms with Gasteiger partial charge in [-0.1, -0.05) is 54.1 Å². The number of aromatic nitrogens is 1. The van der Waals surface area contributed by atoms with E-state index in [1.165, 1.54) is 5.56 Å². The molecule has 0 bridgehead atoms. The first-order valence-corrected chi connectivity index (χ1v) is 12.5. The minimum atomic E-state index is -0.140. The number of hydrogen-bond acceptors (Lipinski definition) is 4. The Labute approximate surface area is 210 Å². The van der Waals surface area contributed by atoms with Gasteiger partial charge in [-0.15, -0.1) is 0 Å². The second kappa shape index (κ2) is 10.5. The molecule has 3 aromatic rings. The standard InChI is InChI=1S/C28H29ClN4O2/c29-23-8-4-5-20(17-23)11-12-30-27(34)22-9-10-26(31-19-22)32-13-15-33(16-14-32)28(35)25-18-24(25)21-6-2-1-3-7-21/h1-10,17,19,24-25H,11-16,18H2,(H,30,34). The minimum absolute atomic E-state index is 0.124. The number of pyridine rings is 1. The summed E-state index contributed by atoms with van der Waals surface area (Å²) in [7, 11) is 0. The lowest BCUT2D eigenvalue weighted by Crippen LogP contribution is -2.49. The maximum Gasteiger partial charge on any atom is 0.252 e. The molecule has 180 valence electrons. The molecule has 2 aromatic carbocycles. The SMILES string of the molecule is O=C(NCCc1cccc(Cl)c1)c1ccc(N2CCN(C(=O)C3CC3c3ccccc3)CC2)nc1. The molecule has 1 N–H and O–H groups in total. The fourth-order valence-electron chi connectivity index (χ4n) is 4.75. The van der Waals surface area contributed by atoms with Gasteiger partial charge in [0.1, 0.15) is 5.82 Å². The number of nitrogens with zero attached hydrogens (tertiary/aromatic N) is 3. The molecule has 2 amide bonds. The molecule has 5 rings (SSSR count). The van der Waals surface area contributed by atoms with Crippen LogP contribution in [0.2, 0.25) is 5.02 Å². The fraction of sp³-hybridized carbons (Fsp3) is 0.321. The van der Waals surface area contributed by atoms with Crippen molar-refractivity contribution in [3.05, 3.63) is 94.6 Å². The summed E-state index contributed by atoms with van der Waals surface area (Å²) < 4.78 is 0. The quantitative estimate of drug-likeness (QED) is 0.542. The van der Waals surface area contributed by atoms with Crippen LogP contribution in [0, 0.1) is 5.92 Å². The van der Waals surface area contributed by atoms with E-state index in [0.29, 0.717) is 42.6 Å². The predicted octanol–water partition coefficient (Wildman–Crippen LogP) is 4.16. The lowest BCUT2D eigenvalue weighted by molar-refractivity contribution is -0.133. The smallest absolute Gasteiger partial charge is 0.252 e. The van der Waals surface area contributed by atoms with Crippen LogP contribution in [0.3, 0.4) is 0 Å². The van der Waals surface area contributed by atoms with Gasteiger partial charge < -0.3 is 15.1 Å². The second-order valence-corrected chi connectivity index (χ2v) is 9.65. The van der Waals surface area contributed by atoms with Gasteiger partial charge in [0.2, 0.25) is 5.91 Å². The number of piperazine rings is 1. The van der Waals surface area contributed by atoms with Gasteiger partial charge in [-0.3, -0.25) is 9.59 Å². The molecule has 2 aliphatic rings. The van der Waals surface area contributed by atoms with Crippen molar-refractivity contribution in [3.8, 4) is 0 Å². The lowest BCUT2D eigenvalue weighted by Gasteiger charge is -2.35. The van der Waals surface area contributed by atoms with E-state index in [2.05, 4.69) is 27.3 Å². The van der Waals surface area contributed by atoms with E-state index in [1.54, 1.807) is 6.20 Å². The predicted molar refractivity (Wildman–Crippen MR) is 138 cm³/mol. The molecule has 2 atom stereocenters. The van der Waals surface area contributed by atoms with Gasteiger partial charge in [0.25, 0.3) is 5.91 Å². The van der Waals surface area contributed by atoms with Crippen LogP contribution < -0.4 is 10.2 Å². The van der Waals surface area contributed by atoms with E-state index in [1.807, 2.05) is 59.5 Å². The van der Waals surface area contributed by atoms with Crippen LogP contribution in [0.15, 0.2) is 72.9 Å². The summed E-state index contributed by atoms with van der Waals surface area (Å²) in [4.78, 5) is 34.1. The number of carbonyl (C=O) groups excluding carboxylic acids is 2. The molecule has 6 nitrogen and oxygen atoms in total. The number of halogens is 1. The van der Waals surface area contributed by atoms with E-state index >= 15 is 0 Å². The first-order chi connectivity index (χ1) is 17.1. The summed E-state index contributed by atoms with van der Waals surface area (Å²) in [5.74, 6) is 1.46. The van der Waals surface area contributed by atoms with Crippen molar-refractivity contribution in [1.29, 1.82) is 0 Å². The van der Waals surface area contributed by atoms with Gasteiger partial charge >= 0.3 is 0 Å². The summed E-state index contributed by atoms with van der Waals surface area (Å²) in [6.07, 6.45) is 3.29. The van der Waals surface area contributed by atoms with Gasteiger partial charge in [0.05, 0.1) is 5.56 Å². The lowest BCUT2D eigenvalue weighted by atomic mass is 10.1. The van der Waals surface area contributed by atoms with E-state index in [9.17, 15) is 9.59 Å². The topological polar surface area (TPSA) is 65.5 Å². The zero-order chi connectivity index (χ0) is 24.2. The van der Waals surface area contributed by atoms with Gasteiger partial charge in [-0.25, -0.2) is 4.98 Å². The highest BCUT2D eigenvalue weighted by Crippen LogP contribution is 2.48. The molecule has 0 spiro atoms. The Balaban J connectivity index is 1.08. The zero-order valence-corrected chi connectivity index (χ0v) is 20.3. The van der Waals surface area contributed by atoms with Crippen LogP contribution in [0.5, 0.6) is 0 Å². The van der Waals surface area contributed by atoms with Crippen LogP contribution in [0.1, 0.15) is 33.8 Å². The number of hydrogen-bond donors (Lipinski definition) is 1. The number of rotatable bonds is 7. The molecule has 1 aliphatic carbocycles. The molecule has 1 saturated heterocycles. The molecule has 2 fully saturated rings. The van der Waals surface area contributed by atoms with Crippen LogP contribution in [0.25, 0.3) is 0 Å². The minimum Gasteiger partial charge on any atom is -0.353 e. The van der Waals surface area contributed by atoms with E-state index in [4.69, 9.17) is 11.6 Å². The first kappa shape index (κ1) is 23.4. The van der Waals surface area contributed by atoms with Crippen molar-refractivity contribution in [1.82, 2.24) is 15.2 Å². The van der Waals surface area contributed by atoms with Gasteiger partial charge in [0.15, 0.2) is 0 Å². The Bertz CT molecular complexity index is 1180. The number of carbonyl (C=O) groups is 2. The van der Waals surface area contributed by atoms with Crippen LogP contribution >= 0.6 is 11.6 Å². The van der Waals surface area contributed by atoms with Gasteiger partial charge in [0, 0.05) is 49.9 Å². The van der Waals surface area contributed by atoms with Crippen LogP contribution in [0.4, 0.5) is 5.82 Å². The molecule has 1 saturated carbocycles. The summed E-state index contributed by atoms with van der Waals surface area (Å²) >= 11 is 6.01. The summed E-state index contributed by atoms with van der Waals surface area (Å²) in [5.41, 5.74) is 2.89. The third-order valence-electron chi connectivity index (χ3n) is 6.85. The third-order valence-corrected chi connectivity index (χ3v) is 7.08. The van der Waals surface area contributed by atoms with Crippen molar-refractivity contribution in [2.75, 3.05) is 37.6 Å². The normalized spacial score (nSPS) is 19.3. The number of nitrogens with one attached hydrogen (secondary N) is 1. The Morgan fingerprint density at radius 3 is 2.49 bits per heavy atom. The average Bonchev–Trinajstić information content (AvgIpc) is 3.70. The molecule has 0 radical (unpaired) electrons. The molecular formula is C28H29ClN4O2. The Hall–Kier alpha value is -3.38. The highest BCUT2D eigenvalue weighted by atomic mass is 35.5. The first-order valence-electron chi connectivity index (χ1n) is 12.2. The average molecular weight is 489 g/mol. The molecule has 7 heteroatoms. The molecule has 2 unspecified atom stereocenters. The second-order valence-electron chi connectivity index (χ2n) is 9.21. The number of amides is 2. The van der Waals surface area contributed by atoms with Gasteiger partial charge in [-0.2, -0.15) is 0 Å². The van der Waals surface area contributed by atoms with E-state index in [0.717, 1.165) is 30.9 Å². The van der Waals surface area contributed by atoms with Crippen LogP contribution in [-0.4, -0.2) is 54.4 Å². The van der Waals surface area contributed by atoms with E-state index < -0.39 is 0 Å². The van der Waals surface area contributed by atoms with Crippen LogP contribution in [-0.2, 0) is 11.2 Å². The molecule has 1 aromatic heterocycles. The largest absolute Gasteiger partial charge is 0.353 e. The summed E-state index contributed by atoms with van der Waals surface area (Å²) in [6, 6.07) is 21.7. The maximum atomic E-state index is 12.9. The van der Waals surface area contributed by atoms with Gasteiger partial charge in [-0.05, 0) is 54.2 Å². The Kier molecular flexibility index (Phi) is 7.00. The highest BCUT2D eigenvalue weighted by molar-refractivity contribution is 6.30. The van der Waals surface area contributed by atoms with Crippen molar-refractivity contribution < 1.29 is 9.59 Å². The highest BCUT2D eigenvalue weighted by Gasteiger charge is 2.46. The summed E-state index contributed by atoms with van der Waals surface area (Å²) in [5, 5.41) is 3.63. The monoisotopic (exact) mass is 488 g/mol. The summed E-state index contributed by atoms with van der Waals surface area (Å²) in [6.45, 7) is 3.41. The number of benzene rings is 2. The van der Waals surface area contributed by atoms with Crippen molar-refractivity contribution in [2.45, 2.75) is 18.8 Å². The Morgan fingerprint density at radius 2 is 1.77 bits per heavy atom. The Morgan fingerprint density at radius 1 is 0.971 bits per heavy atom. The fourth-order valence-corrected chi connectivity index (χ4v) is 4.96.